The third kappa shape index (κ3) is 4.21. The van der Waals surface area contributed by atoms with Crippen molar-refractivity contribution in [1.82, 2.24) is 4.90 Å². The number of nitrogens with zero attached hydrogens (tertiary/aromatic N) is 1. The zero-order valence-electron chi connectivity index (χ0n) is 17.1. The molecular weight excluding hydrogens is 403 g/mol. The van der Waals surface area contributed by atoms with Crippen LogP contribution in [0.2, 0.25) is 0 Å². The Morgan fingerprint density at radius 3 is 2.63 bits per heavy atom. The van der Waals surface area contributed by atoms with E-state index in [2.05, 4.69) is 4.72 Å². The van der Waals surface area contributed by atoms with Crippen LogP contribution in [0.15, 0.2) is 47.4 Å². The summed E-state index contributed by atoms with van der Waals surface area (Å²) in [7, 11) is -3.95. The van der Waals surface area contributed by atoms with Crippen molar-refractivity contribution in [3.05, 3.63) is 59.4 Å². The lowest BCUT2D eigenvalue weighted by molar-refractivity contribution is 0.0390. The van der Waals surface area contributed by atoms with Crippen LogP contribution >= 0.6 is 0 Å². The second kappa shape index (κ2) is 8.38. The van der Waals surface area contributed by atoms with Crippen LogP contribution in [0.25, 0.3) is 0 Å². The Kier molecular flexibility index (Phi) is 5.82. The number of benzene rings is 2. The molecule has 2 unspecified atom stereocenters. The zero-order valence-corrected chi connectivity index (χ0v) is 17.9. The Balaban J connectivity index is 1.55. The molecule has 1 aliphatic carbocycles. The quantitative estimate of drug-likeness (QED) is 0.763. The van der Waals surface area contributed by atoms with Crippen molar-refractivity contribution in [2.75, 3.05) is 11.3 Å². The molecule has 0 aromatic heterocycles. The summed E-state index contributed by atoms with van der Waals surface area (Å²) < 4.78 is 41.6. The van der Waals surface area contributed by atoms with E-state index in [1.54, 1.807) is 31.2 Å². The number of carbonyl (C=O) groups excluding carboxylic acids is 1. The number of likely N-dealkylation sites (tertiary alicyclic amines) is 1. The zero-order chi connectivity index (χ0) is 21.3. The summed E-state index contributed by atoms with van der Waals surface area (Å²) in [6, 6.07) is 10.6. The average Bonchev–Trinajstić information content (AvgIpc) is 2.74. The molecule has 1 saturated carbocycles. The molecule has 2 aromatic rings. The van der Waals surface area contributed by atoms with E-state index in [1.165, 1.54) is 31.4 Å². The number of fused-ring (bicyclic) bond motifs is 1. The smallest absolute Gasteiger partial charge is 0.261 e. The molecule has 2 atom stereocenters. The van der Waals surface area contributed by atoms with Crippen LogP contribution in [-0.2, 0) is 10.0 Å². The van der Waals surface area contributed by atoms with Crippen molar-refractivity contribution in [2.24, 2.45) is 5.92 Å². The molecule has 2 aromatic carbocycles. The molecule has 160 valence electrons. The highest BCUT2D eigenvalue weighted by molar-refractivity contribution is 7.92. The van der Waals surface area contributed by atoms with E-state index >= 15 is 0 Å². The number of halogens is 1. The van der Waals surface area contributed by atoms with Gasteiger partial charge in [-0.2, -0.15) is 0 Å². The summed E-state index contributed by atoms with van der Waals surface area (Å²) in [4.78, 5) is 15.1. The Hall–Kier alpha value is -2.41. The lowest BCUT2D eigenvalue weighted by Gasteiger charge is -2.44. The van der Waals surface area contributed by atoms with Gasteiger partial charge in [0.05, 0.1) is 4.90 Å². The summed E-state index contributed by atoms with van der Waals surface area (Å²) in [6.07, 6.45) is 6.81. The van der Waals surface area contributed by atoms with E-state index in [0.29, 0.717) is 22.7 Å². The number of nitrogens with one attached hydrogen (secondary N) is 1. The molecule has 4 rings (SSSR count). The van der Waals surface area contributed by atoms with Crippen LogP contribution in [0.3, 0.4) is 0 Å². The maximum atomic E-state index is 13.8. The minimum atomic E-state index is -3.95. The number of hydrogen-bond acceptors (Lipinski definition) is 3. The molecule has 1 N–H and O–H groups in total. The van der Waals surface area contributed by atoms with Gasteiger partial charge in [-0.15, -0.1) is 0 Å². The third-order valence-electron chi connectivity index (χ3n) is 6.32. The molecule has 2 aliphatic rings. The Morgan fingerprint density at radius 2 is 1.83 bits per heavy atom. The van der Waals surface area contributed by atoms with E-state index in [-0.39, 0.29) is 16.8 Å². The van der Waals surface area contributed by atoms with Gasteiger partial charge in [0, 0.05) is 23.8 Å². The molecule has 7 heteroatoms. The molecule has 0 spiro atoms. The fraction of sp³-hybridized carbons (Fsp3) is 0.435. The fourth-order valence-corrected chi connectivity index (χ4v) is 5.77. The first-order valence-electron chi connectivity index (χ1n) is 10.6. The number of rotatable bonds is 4. The topological polar surface area (TPSA) is 66.5 Å². The number of amides is 1. The van der Waals surface area contributed by atoms with E-state index in [9.17, 15) is 17.6 Å². The molecule has 1 heterocycles. The van der Waals surface area contributed by atoms with Crippen LogP contribution in [0, 0.1) is 18.7 Å². The van der Waals surface area contributed by atoms with Gasteiger partial charge >= 0.3 is 0 Å². The molecular formula is C23H27FN2O3S. The standard InChI is InChI=1S/C23H27FN2O3S/c1-16-11-12-20(15-21(16)24)30(28,29)25-19-9-4-7-18(14-19)23(27)26-13-5-8-17-6-2-3-10-22(17)26/h4,7,9,11-12,14-15,17,22,25H,2-3,5-6,8,10,13H2,1H3. The second-order valence-corrected chi connectivity index (χ2v) is 10.0. The highest BCUT2D eigenvalue weighted by Gasteiger charge is 2.36. The minimum Gasteiger partial charge on any atom is -0.335 e. The van der Waals surface area contributed by atoms with Gasteiger partial charge in [-0.05, 0) is 74.4 Å². The van der Waals surface area contributed by atoms with E-state index < -0.39 is 15.8 Å². The first-order chi connectivity index (χ1) is 14.3. The Bertz CT molecular complexity index is 1050. The molecule has 30 heavy (non-hydrogen) atoms. The first-order valence-corrected chi connectivity index (χ1v) is 12.0. The lowest BCUT2D eigenvalue weighted by atomic mass is 9.78. The van der Waals surface area contributed by atoms with Crippen molar-refractivity contribution in [1.29, 1.82) is 0 Å². The van der Waals surface area contributed by atoms with Gasteiger partial charge in [0.2, 0.25) is 0 Å². The highest BCUT2D eigenvalue weighted by Crippen LogP contribution is 2.36. The van der Waals surface area contributed by atoms with Crippen LogP contribution in [0.5, 0.6) is 0 Å². The molecule has 2 fully saturated rings. The van der Waals surface area contributed by atoms with Gasteiger partial charge in [0.25, 0.3) is 15.9 Å². The average molecular weight is 431 g/mol. The number of anilines is 1. The van der Waals surface area contributed by atoms with E-state index in [1.807, 2.05) is 4.90 Å². The van der Waals surface area contributed by atoms with Crippen LogP contribution in [0.1, 0.15) is 54.4 Å². The van der Waals surface area contributed by atoms with Crippen molar-refractivity contribution < 1.29 is 17.6 Å². The fourth-order valence-electron chi connectivity index (χ4n) is 4.71. The third-order valence-corrected chi connectivity index (χ3v) is 7.70. The van der Waals surface area contributed by atoms with E-state index in [4.69, 9.17) is 0 Å². The summed E-state index contributed by atoms with van der Waals surface area (Å²) in [5.74, 6) is -0.0439. The molecule has 5 nitrogen and oxygen atoms in total. The van der Waals surface area contributed by atoms with Crippen molar-refractivity contribution in [3.63, 3.8) is 0 Å². The number of piperidine rings is 1. The maximum absolute atomic E-state index is 13.8. The predicted octanol–water partition coefficient (Wildman–Crippen LogP) is 4.73. The minimum absolute atomic E-state index is 0.0472. The summed E-state index contributed by atoms with van der Waals surface area (Å²) in [6.45, 7) is 2.32. The number of sulfonamides is 1. The van der Waals surface area contributed by atoms with Gasteiger partial charge in [0.1, 0.15) is 5.82 Å². The first kappa shape index (κ1) is 20.8. The largest absolute Gasteiger partial charge is 0.335 e. The molecule has 0 radical (unpaired) electrons. The Labute approximate surface area is 177 Å². The van der Waals surface area contributed by atoms with Gasteiger partial charge in [-0.25, -0.2) is 12.8 Å². The van der Waals surface area contributed by atoms with Gasteiger partial charge < -0.3 is 4.90 Å². The van der Waals surface area contributed by atoms with Crippen molar-refractivity contribution in [2.45, 2.75) is 56.4 Å². The number of carbonyl (C=O) groups is 1. The van der Waals surface area contributed by atoms with Crippen molar-refractivity contribution >= 4 is 21.6 Å². The van der Waals surface area contributed by atoms with E-state index in [0.717, 1.165) is 31.9 Å². The highest BCUT2D eigenvalue weighted by atomic mass is 32.2. The van der Waals surface area contributed by atoms with Gasteiger partial charge in [-0.1, -0.05) is 25.0 Å². The van der Waals surface area contributed by atoms with Crippen LogP contribution in [0.4, 0.5) is 10.1 Å². The number of hydrogen-bond donors (Lipinski definition) is 1. The van der Waals surface area contributed by atoms with Crippen molar-refractivity contribution in [3.8, 4) is 0 Å². The maximum Gasteiger partial charge on any atom is 0.261 e. The van der Waals surface area contributed by atoms with Crippen LogP contribution < -0.4 is 4.72 Å². The summed E-state index contributed by atoms with van der Waals surface area (Å²) >= 11 is 0. The van der Waals surface area contributed by atoms with Crippen LogP contribution in [-0.4, -0.2) is 31.8 Å². The number of aryl methyl sites for hydroxylation is 1. The second-order valence-electron chi connectivity index (χ2n) is 8.35. The molecule has 1 aliphatic heterocycles. The SMILES string of the molecule is Cc1ccc(S(=O)(=O)Nc2cccc(C(=O)N3CCCC4CCCCC43)c2)cc1F. The molecule has 0 bridgehead atoms. The summed E-state index contributed by atoms with van der Waals surface area (Å²) in [5.41, 5.74) is 1.14. The van der Waals surface area contributed by atoms with Gasteiger partial charge in [0.15, 0.2) is 0 Å². The monoisotopic (exact) mass is 430 g/mol. The molecule has 1 saturated heterocycles. The van der Waals surface area contributed by atoms with Gasteiger partial charge in [-0.3, -0.25) is 9.52 Å². The summed E-state index contributed by atoms with van der Waals surface area (Å²) in [5, 5.41) is 0. The lowest BCUT2D eigenvalue weighted by Crippen LogP contribution is -2.49. The molecule has 1 amide bonds. The Morgan fingerprint density at radius 1 is 1.07 bits per heavy atom. The normalized spacial score (nSPS) is 21.7. The predicted molar refractivity (Wildman–Crippen MR) is 114 cm³/mol.